The normalized spacial score (nSPS) is 11.5. The van der Waals surface area contributed by atoms with Gasteiger partial charge in [-0.1, -0.05) is 84.0 Å². The minimum Gasteiger partial charge on any atom is -0.491 e. The Balaban J connectivity index is 1.60. The molecule has 56 heavy (non-hydrogen) atoms. The van der Waals surface area contributed by atoms with Crippen LogP contribution in [-0.4, -0.2) is 152 Å². The third kappa shape index (κ3) is 42.0. The highest BCUT2D eigenvalue weighted by molar-refractivity contribution is 5.41. The van der Waals surface area contributed by atoms with Crippen LogP contribution in [0.25, 0.3) is 0 Å². The van der Waals surface area contributed by atoms with E-state index in [0.717, 1.165) is 18.8 Å². The van der Waals surface area contributed by atoms with Crippen molar-refractivity contribution >= 4 is 5.69 Å². The van der Waals surface area contributed by atoms with Crippen molar-refractivity contribution < 1.29 is 56.8 Å². The van der Waals surface area contributed by atoms with Crippen molar-refractivity contribution in [2.24, 2.45) is 0 Å². The fourth-order valence-electron chi connectivity index (χ4n) is 5.31. The Kier molecular flexibility index (Phi) is 43.1. The van der Waals surface area contributed by atoms with Crippen molar-refractivity contribution in [2.75, 3.05) is 158 Å². The number of rotatable bonds is 48. The molecule has 0 atom stereocenters. The van der Waals surface area contributed by atoms with Gasteiger partial charge >= 0.3 is 0 Å². The summed E-state index contributed by atoms with van der Waals surface area (Å²) in [5.74, 6) is 0.774. The summed E-state index contributed by atoms with van der Waals surface area (Å²) in [6.45, 7) is 14.7. The molecule has 1 aromatic rings. The van der Waals surface area contributed by atoms with Crippen molar-refractivity contribution in [1.82, 2.24) is 0 Å². The van der Waals surface area contributed by atoms with Crippen molar-refractivity contribution in [2.45, 2.75) is 90.4 Å². The first-order valence-electron chi connectivity index (χ1n) is 21.7. The van der Waals surface area contributed by atoms with Gasteiger partial charge in [-0.05, 0) is 30.7 Å². The van der Waals surface area contributed by atoms with Crippen LogP contribution >= 0.6 is 0 Å². The predicted octanol–water partition coefficient (Wildman–Crippen LogP) is 6.92. The number of hydrogen-bond acceptors (Lipinski definition) is 13. The van der Waals surface area contributed by atoms with Crippen LogP contribution in [0.5, 0.6) is 5.75 Å². The molecule has 0 aliphatic carbocycles. The van der Waals surface area contributed by atoms with Crippen LogP contribution < -0.4 is 10.5 Å². The molecule has 0 heterocycles. The maximum atomic E-state index is 5.68. The Bertz CT molecular complexity index is 870. The molecule has 0 aliphatic rings. The van der Waals surface area contributed by atoms with Crippen molar-refractivity contribution in [3.05, 3.63) is 24.3 Å². The topological polar surface area (TPSA) is 137 Å². The molecule has 0 unspecified atom stereocenters. The number of unbranched alkanes of at least 4 members (excludes halogenated alkanes) is 12. The van der Waals surface area contributed by atoms with Gasteiger partial charge in [-0.2, -0.15) is 0 Å². The van der Waals surface area contributed by atoms with E-state index in [0.29, 0.717) is 151 Å². The summed E-state index contributed by atoms with van der Waals surface area (Å²) in [5.41, 5.74) is 6.36. The van der Waals surface area contributed by atoms with Crippen LogP contribution in [0.2, 0.25) is 0 Å². The third-order valence-corrected chi connectivity index (χ3v) is 8.49. The Morgan fingerprint density at radius 3 is 0.804 bits per heavy atom. The summed E-state index contributed by atoms with van der Waals surface area (Å²) in [6.07, 6.45) is 17.8. The van der Waals surface area contributed by atoms with Crippen LogP contribution in [0.15, 0.2) is 24.3 Å². The standard InChI is InChI=1S/C43H81NO12/c1-2-3-4-5-6-7-8-9-10-11-12-13-14-19-45-20-21-46-22-23-47-24-25-48-26-27-49-28-29-50-30-31-51-32-33-52-34-35-53-36-37-54-38-39-55-40-41-56-43-17-15-42(44)16-18-43/h15-18H,2-14,19-41,44H2,1H3. The summed E-state index contributed by atoms with van der Waals surface area (Å²) in [7, 11) is 0. The molecule has 330 valence electrons. The Hall–Kier alpha value is -1.62. The first-order chi connectivity index (χ1) is 27.8. The maximum Gasteiger partial charge on any atom is 0.119 e. The Morgan fingerprint density at radius 2 is 0.518 bits per heavy atom. The second-order valence-electron chi connectivity index (χ2n) is 13.4. The van der Waals surface area contributed by atoms with Crippen molar-refractivity contribution in [1.29, 1.82) is 0 Å². The molecule has 13 nitrogen and oxygen atoms in total. The zero-order chi connectivity index (χ0) is 39.9. The molecule has 0 aromatic heterocycles. The van der Waals surface area contributed by atoms with Gasteiger partial charge in [0.1, 0.15) is 12.4 Å². The number of ether oxygens (including phenoxy) is 12. The molecule has 0 saturated heterocycles. The van der Waals surface area contributed by atoms with Gasteiger partial charge in [0.2, 0.25) is 0 Å². The fraction of sp³-hybridized carbons (Fsp3) is 0.860. The largest absolute Gasteiger partial charge is 0.491 e. The number of nitrogen functional groups attached to an aromatic ring is 1. The monoisotopic (exact) mass is 804 g/mol. The highest BCUT2D eigenvalue weighted by atomic mass is 16.6. The van der Waals surface area contributed by atoms with Gasteiger partial charge < -0.3 is 62.6 Å². The van der Waals surface area contributed by atoms with Crippen molar-refractivity contribution in [3.8, 4) is 5.75 Å². The summed E-state index contributed by atoms with van der Waals surface area (Å²) in [6, 6.07) is 7.28. The number of anilines is 1. The molecule has 0 saturated carbocycles. The van der Waals surface area contributed by atoms with Gasteiger partial charge in [0.05, 0.1) is 139 Å². The fourth-order valence-corrected chi connectivity index (χ4v) is 5.31. The Morgan fingerprint density at radius 1 is 0.286 bits per heavy atom. The van der Waals surface area contributed by atoms with Gasteiger partial charge in [-0.15, -0.1) is 0 Å². The van der Waals surface area contributed by atoms with E-state index >= 15 is 0 Å². The second kappa shape index (κ2) is 46.1. The van der Waals surface area contributed by atoms with E-state index in [-0.39, 0.29) is 0 Å². The lowest BCUT2D eigenvalue weighted by atomic mass is 10.0. The van der Waals surface area contributed by atoms with Gasteiger partial charge in [0.25, 0.3) is 0 Å². The molecule has 0 radical (unpaired) electrons. The maximum absolute atomic E-state index is 5.68. The van der Waals surface area contributed by atoms with Gasteiger partial charge in [0, 0.05) is 12.3 Å². The van der Waals surface area contributed by atoms with E-state index in [1.54, 1.807) is 12.1 Å². The number of nitrogens with two attached hydrogens (primary N) is 1. The van der Waals surface area contributed by atoms with E-state index in [1.807, 2.05) is 12.1 Å². The minimum absolute atomic E-state index is 0.477. The molecule has 1 rings (SSSR count). The van der Waals surface area contributed by atoms with E-state index in [4.69, 9.17) is 62.6 Å². The summed E-state index contributed by atoms with van der Waals surface area (Å²) in [5, 5.41) is 0. The molecule has 0 aliphatic heterocycles. The minimum atomic E-state index is 0.477. The van der Waals surface area contributed by atoms with Crippen LogP contribution in [0.1, 0.15) is 90.4 Å². The van der Waals surface area contributed by atoms with Crippen LogP contribution in [0, 0.1) is 0 Å². The van der Waals surface area contributed by atoms with Crippen molar-refractivity contribution in [3.63, 3.8) is 0 Å². The van der Waals surface area contributed by atoms with Crippen LogP contribution in [0.4, 0.5) is 5.69 Å². The average Bonchev–Trinajstić information content (AvgIpc) is 3.21. The number of benzene rings is 1. The molecule has 0 spiro atoms. The second-order valence-corrected chi connectivity index (χ2v) is 13.4. The highest BCUT2D eigenvalue weighted by Gasteiger charge is 1.99. The SMILES string of the molecule is CCCCCCCCCCCCCCCOCCOCCOCCOCCOCCOCCOCCOCCOCCOCCOCCOc1ccc(N)cc1. The first kappa shape index (κ1) is 52.4. The molecular formula is C43H81NO12. The molecule has 0 fully saturated rings. The average molecular weight is 804 g/mol. The first-order valence-corrected chi connectivity index (χ1v) is 21.7. The smallest absolute Gasteiger partial charge is 0.119 e. The van der Waals surface area contributed by atoms with E-state index in [1.165, 1.54) is 77.0 Å². The summed E-state index contributed by atoms with van der Waals surface area (Å²) in [4.78, 5) is 0. The lowest BCUT2D eigenvalue weighted by Crippen LogP contribution is -2.15. The molecule has 0 amide bonds. The molecule has 0 bridgehead atoms. The van der Waals surface area contributed by atoms with E-state index in [9.17, 15) is 0 Å². The third-order valence-electron chi connectivity index (χ3n) is 8.49. The lowest BCUT2D eigenvalue weighted by molar-refractivity contribution is -0.0277. The lowest BCUT2D eigenvalue weighted by Gasteiger charge is -2.09. The molecular weight excluding hydrogens is 722 g/mol. The zero-order valence-electron chi connectivity index (χ0n) is 35.2. The van der Waals surface area contributed by atoms with Gasteiger partial charge in [0.15, 0.2) is 0 Å². The molecule has 13 heteroatoms. The summed E-state index contributed by atoms with van der Waals surface area (Å²) < 4.78 is 66.4. The van der Waals surface area contributed by atoms with Gasteiger partial charge in [-0.25, -0.2) is 0 Å². The van der Waals surface area contributed by atoms with Crippen LogP contribution in [-0.2, 0) is 52.1 Å². The highest BCUT2D eigenvalue weighted by Crippen LogP contribution is 2.13. The number of hydrogen-bond donors (Lipinski definition) is 1. The quantitative estimate of drug-likeness (QED) is 0.0540. The van der Waals surface area contributed by atoms with Crippen LogP contribution in [0.3, 0.4) is 0 Å². The van der Waals surface area contributed by atoms with E-state index in [2.05, 4.69) is 6.92 Å². The molecule has 2 N–H and O–H groups in total. The van der Waals surface area contributed by atoms with E-state index < -0.39 is 0 Å². The predicted molar refractivity (Wildman–Crippen MR) is 221 cm³/mol. The summed E-state index contributed by atoms with van der Waals surface area (Å²) >= 11 is 0. The Labute approximate surface area is 340 Å². The molecule has 1 aromatic carbocycles. The van der Waals surface area contributed by atoms with Gasteiger partial charge in [-0.3, -0.25) is 0 Å². The zero-order valence-corrected chi connectivity index (χ0v) is 35.2.